The third-order valence-corrected chi connectivity index (χ3v) is 3.34. The quantitative estimate of drug-likeness (QED) is 0.579. The summed E-state index contributed by atoms with van der Waals surface area (Å²) in [6, 6.07) is 0. The number of hydrogen-bond acceptors (Lipinski definition) is 2. The van der Waals surface area contributed by atoms with Gasteiger partial charge in [0.2, 0.25) is 0 Å². The molecule has 0 aromatic rings. The summed E-state index contributed by atoms with van der Waals surface area (Å²) in [5, 5.41) is 3.47. The van der Waals surface area contributed by atoms with E-state index >= 15 is 0 Å². The number of fused-ring (bicyclic) bond motifs is 1. The second-order valence-corrected chi connectivity index (χ2v) is 5.25. The minimum Gasteiger partial charge on any atom is -0.316 e. The predicted octanol–water partition coefficient (Wildman–Crippen LogP) is 0.936. The minimum atomic E-state index is 0.379. The summed E-state index contributed by atoms with van der Waals surface area (Å²) in [7, 11) is 0. The van der Waals surface area contributed by atoms with Gasteiger partial charge >= 0.3 is 0 Å². The Labute approximate surface area is 75.3 Å². The summed E-state index contributed by atoms with van der Waals surface area (Å²) >= 11 is 0. The van der Waals surface area contributed by atoms with Crippen molar-refractivity contribution in [2.45, 2.75) is 26.3 Å². The van der Waals surface area contributed by atoms with Crippen LogP contribution in [0.1, 0.15) is 20.8 Å². The van der Waals surface area contributed by atoms with Gasteiger partial charge in [-0.15, -0.1) is 0 Å². The highest BCUT2D eigenvalue weighted by Crippen LogP contribution is 2.30. The van der Waals surface area contributed by atoms with Gasteiger partial charge in [-0.25, -0.2) is 0 Å². The first-order valence-electron chi connectivity index (χ1n) is 5.03. The maximum Gasteiger partial charge on any atom is 0.0125 e. The highest BCUT2D eigenvalue weighted by atomic mass is 15.2. The second kappa shape index (κ2) is 2.71. The molecule has 70 valence electrons. The summed E-state index contributed by atoms with van der Waals surface area (Å²) < 4.78 is 0. The largest absolute Gasteiger partial charge is 0.316 e. The summed E-state index contributed by atoms with van der Waals surface area (Å²) in [6.45, 7) is 12.1. The lowest BCUT2D eigenvalue weighted by Gasteiger charge is -2.32. The molecule has 0 amide bonds. The van der Waals surface area contributed by atoms with Crippen LogP contribution in [0.5, 0.6) is 0 Å². The fraction of sp³-hybridized carbons (Fsp3) is 1.00. The van der Waals surface area contributed by atoms with Crippen molar-refractivity contribution in [1.82, 2.24) is 10.2 Å². The molecule has 2 rings (SSSR count). The molecular weight excluding hydrogens is 148 g/mol. The van der Waals surface area contributed by atoms with E-state index < -0.39 is 0 Å². The number of likely N-dealkylation sites (tertiary alicyclic amines) is 1. The van der Waals surface area contributed by atoms with E-state index in [9.17, 15) is 0 Å². The van der Waals surface area contributed by atoms with Crippen molar-refractivity contribution in [3.63, 3.8) is 0 Å². The van der Waals surface area contributed by atoms with Crippen molar-refractivity contribution in [3.8, 4) is 0 Å². The van der Waals surface area contributed by atoms with Gasteiger partial charge in [0.1, 0.15) is 0 Å². The van der Waals surface area contributed by atoms with Crippen LogP contribution in [0.3, 0.4) is 0 Å². The SMILES string of the molecule is CC(C)(C)N1CC2CNCC2C1. The van der Waals surface area contributed by atoms with E-state index in [0.717, 1.165) is 11.8 Å². The van der Waals surface area contributed by atoms with E-state index in [2.05, 4.69) is 31.0 Å². The van der Waals surface area contributed by atoms with Crippen LogP contribution < -0.4 is 5.32 Å². The van der Waals surface area contributed by atoms with E-state index in [1.54, 1.807) is 0 Å². The van der Waals surface area contributed by atoms with Crippen molar-refractivity contribution in [2.24, 2.45) is 11.8 Å². The minimum absolute atomic E-state index is 0.379. The van der Waals surface area contributed by atoms with Crippen LogP contribution in [0.15, 0.2) is 0 Å². The van der Waals surface area contributed by atoms with Gasteiger partial charge in [0.05, 0.1) is 0 Å². The average Bonchev–Trinajstić information content (AvgIpc) is 2.37. The van der Waals surface area contributed by atoms with Crippen LogP contribution in [0, 0.1) is 11.8 Å². The fourth-order valence-electron chi connectivity index (χ4n) is 2.40. The Morgan fingerprint density at radius 3 is 2.00 bits per heavy atom. The number of rotatable bonds is 0. The van der Waals surface area contributed by atoms with Gasteiger partial charge in [0.25, 0.3) is 0 Å². The van der Waals surface area contributed by atoms with Gasteiger partial charge < -0.3 is 5.32 Å². The average molecular weight is 168 g/mol. The molecule has 2 heteroatoms. The topological polar surface area (TPSA) is 15.3 Å². The van der Waals surface area contributed by atoms with Gasteiger partial charge in [-0.2, -0.15) is 0 Å². The molecule has 2 nitrogen and oxygen atoms in total. The Bertz CT molecular complexity index is 159. The van der Waals surface area contributed by atoms with Crippen LogP contribution in [0.2, 0.25) is 0 Å². The van der Waals surface area contributed by atoms with Crippen molar-refractivity contribution in [3.05, 3.63) is 0 Å². The monoisotopic (exact) mass is 168 g/mol. The Morgan fingerprint density at radius 1 is 1.08 bits per heavy atom. The molecule has 0 bridgehead atoms. The molecule has 2 aliphatic heterocycles. The number of nitrogens with one attached hydrogen (secondary N) is 1. The molecule has 0 saturated carbocycles. The third kappa shape index (κ3) is 1.38. The van der Waals surface area contributed by atoms with Crippen LogP contribution in [0.25, 0.3) is 0 Å². The molecule has 12 heavy (non-hydrogen) atoms. The van der Waals surface area contributed by atoms with Gasteiger partial charge in [-0.05, 0) is 45.7 Å². The van der Waals surface area contributed by atoms with Crippen molar-refractivity contribution < 1.29 is 0 Å². The normalized spacial score (nSPS) is 37.2. The lowest BCUT2D eigenvalue weighted by atomic mass is 10.0. The molecule has 2 saturated heterocycles. The first-order valence-corrected chi connectivity index (χ1v) is 5.03. The van der Waals surface area contributed by atoms with Crippen LogP contribution >= 0.6 is 0 Å². The first kappa shape index (κ1) is 8.52. The molecule has 2 aliphatic rings. The summed E-state index contributed by atoms with van der Waals surface area (Å²) in [5.74, 6) is 1.87. The van der Waals surface area contributed by atoms with E-state index in [1.807, 2.05) is 0 Å². The molecule has 0 radical (unpaired) electrons. The molecule has 0 aliphatic carbocycles. The van der Waals surface area contributed by atoms with Crippen molar-refractivity contribution in [2.75, 3.05) is 26.2 Å². The maximum absolute atomic E-state index is 3.47. The Hall–Kier alpha value is -0.0800. The zero-order valence-corrected chi connectivity index (χ0v) is 8.43. The van der Waals surface area contributed by atoms with Crippen LogP contribution in [0.4, 0.5) is 0 Å². The van der Waals surface area contributed by atoms with E-state index in [4.69, 9.17) is 0 Å². The number of nitrogens with zero attached hydrogens (tertiary/aromatic N) is 1. The summed E-state index contributed by atoms with van der Waals surface area (Å²) in [5.41, 5.74) is 0.379. The van der Waals surface area contributed by atoms with Crippen LogP contribution in [-0.2, 0) is 0 Å². The fourth-order valence-corrected chi connectivity index (χ4v) is 2.40. The van der Waals surface area contributed by atoms with Gasteiger partial charge in [0.15, 0.2) is 0 Å². The second-order valence-electron chi connectivity index (χ2n) is 5.25. The lowest BCUT2D eigenvalue weighted by molar-refractivity contribution is 0.162. The molecule has 2 fully saturated rings. The van der Waals surface area contributed by atoms with E-state index in [1.165, 1.54) is 26.2 Å². The van der Waals surface area contributed by atoms with E-state index in [0.29, 0.717) is 5.54 Å². The molecule has 2 unspecified atom stereocenters. The first-order chi connectivity index (χ1) is 5.57. The maximum atomic E-state index is 3.47. The molecular formula is C10H20N2. The molecule has 2 atom stereocenters. The van der Waals surface area contributed by atoms with Crippen LogP contribution in [-0.4, -0.2) is 36.6 Å². The summed E-state index contributed by atoms with van der Waals surface area (Å²) in [4.78, 5) is 2.63. The Kier molecular flexibility index (Phi) is 1.92. The van der Waals surface area contributed by atoms with E-state index in [-0.39, 0.29) is 0 Å². The van der Waals surface area contributed by atoms with Gasteiger partial charge in [-0.3, -0.25) is 4.90 Å². The van der Waals surface area contributed by atoms with Crippen molar-refractivity contribution in [1.29, 1.82) is 0 Å². The molecule has 0 aromatic heterocycles. The highest BCUT2D eigenvalue weighted by Gasteiger charge is 2.39. The predicted molar refractivity (Wildman–Crippen MR) is 51.2 cm³/mol. The molecule has 1 N–H and O–H groups in total. The highest BCUT2D eigenvalue weighted by molar-refractivity contribution is 4.94. The smallest absolute Gasteiger partial charge is 0.0125 e. The lowest BCUT2D eigenvalue weighted by Crippen LogP contribution is -2.41. The third-order valence-electron chi connectivity index (χ3n) is 3.34. The number of hydrogen-bond donors (Lipinski definition) is 1. The van der Waals surface area contributed by atoms with Crippen molar-refractivity contribution >= 4 is 0 Å². The van der Waals surface area contributed by atoms with Gasteiger partial charge in [-0.1, -0.05) is 0 Å². The standard InChI is InChI=1S/C10H20N2/c1-10(2,3)12-6-8-4-11-5-9(8)7-12/h8-9,11H,4-7H2,1-3H3. The van der Waals surface area contributed by atoms with Gasteiger partial charge in [0, 0.05) is 18.6 Å². The molecule has 2 heterocycles. The zero-order chi connectivity index (χ0) is 8.77. The molecule has 0 spiro atoms. The Balaban J connectivity index is 1.99. The molecule has 0 aromatic carbocycles. The Morgan fingerprint density at radius 2 is 1.58 bits per heavy atom. The zero-order valence-electron chi connectivity index (χ0n) is 8.43. The summed E-state index contributed by atoms with van der Waals surface area (Å²) in [6.07, 6.45) is 0.